The maximum Gasteiger partial charge on any atom is 0.244 e. The van der Waals surface area contributed by atoms with Crippen LogP contribution in [0, 0.1) is 0 Å². The number of hydrogen-bond acceptors (Lipinski definition) is 8. The van der Waals surface area contributed by atoms with Crippen LogP contribution in [-0.4, -0.2) is 26.5 Å². The lowest BCUT2D eigenvalue weighted by Gasteiger charge is -2.14. The number of benzene rings is 1. The van der Waals surface area contributed by atoms with E-state index in [2.05, 4.69) is 19.7 Å². The van der Waals surface area contributed by atoms with Crippen LogP contribution >= 0.6 is 46.4 Å². The molecule has 3 aromatic rings. The molecule has 9 heteroatoms. The van der Waals surface area contributed by atoms with Gasteiger partial charge in [0.2, 0.25) is 11.1 Å². The summed E-state index contributed by atoms with van der Waals surface area (Å²) < 4.78 is 5.02. The normalized spacial score (nSPS) is 12.0. The molecule has 0 fully saturated rings. The van der Waals surface area contributed by atoms with Crippen molar-refractivity contribution in [2.24, 2.45) is 0 Å². The molecule has 0 aliphatic rings. The van der Waals surface area contributed by atoms with Gasteiger partial charge in [0, 0.05) is 11.6 Å². The third-order valence-corrected chi connectivity index (χ3v) is 6.18. The van der Waals surface area contributed by atoms with Crippen molar-refractivity contribution in [1.29, 1.82) is 0 Å². The van der Waals surface area contributed by atoms with E-state index in [1.807, 2.05) is 42.0 Å². The third kappa shape index (κ3) is 4.31. The van der Waals surface area contributed by atoms with E-state index >= 15 is 0 Å². The number of aromatic nitrogens is 3. The number of carbonyl (C=O) groups excluding carboxylic acids is 1. The molecule has 0 saturated heterocycles. The second kappa shape index (κ2) is 7.91. The minimum atomic E-state index is -0.400. The quantitative estimate of drug-likeness (QED) is 0.647. The Bertz CT molecular complexity index is 760. The number of nitrogens with one attached hydrogen (secondary N) is 1. The Hall–Kier alpha value is -1.42. The Morgan fingerprint density at radius 1 is 1.30 bits per heavy atom. The molecule has 0 spiro atoms. The first-order valence-electron chi connectivity index (χ1n) is 6.56. The van der Waals surface area contributed by atoms with Gasteiger partial charge in [-0.1, -0.05) is 53.9 Å². The highest BCUT2D eigenvalue weighted by molar-refractivity contribution is 8.02. The summed E-state index contributed by atoms with van der Waals surface area (Å²) in [4.78, 5) is 21.2. The van der Waals surface area contributed by atoms with E-state index in [-0.39, 0.29) is 5.91 Å². The number of anilines is 1. The maximum atomic E-state index is 12.7. The molecule has 118 valence electrons. The summed E-state index contributed by atoms with van der Waals surface area (Å²) in [6.45, 7) is 0. The van der Waals surface area contributed by atoms with Crippen molar-refractivity contribution in [3.8, 4) is 0 Å². The van der Waals surface area contributed by atoms with Crippen LogP contribution < -0.4 is 5.32 Å². The first-order valence-corrected chi connectivity index (χ1v) is 10.3. The second-order valence-corrected chi connectivity index (χ2v) is 8.05. The number of thiazole rings is 1. The van der Waals surface area contributed by atoms with Gasteiger partial charge in [0.25, 0.3) is 0 Å². The Morgan fingerprint density at radius 2 is 2.13 bits per heavy atom. The number of rotatable bonds is 6. The van der Waals surface area contributed by atoms with Crippen LogP contribution in [0.2, 0.25) is 0 Å². The number of thioether (sulfide) groups is 2. The van der Waals surface area contributed by atoms with Gasteiger partial charge in [-0.05, 0) is 23.4 Å². The predicted octanol–water partition coefficient (Wildman–Crippen LogP) is 4.19. The van der Waals surface area contributed by atoms with Gasteiger partial charge in [0.1, 0.15) is 5.25 Å². The molecule has 1 unspecified atom stereocenters. The number of nitrogens with zero attached hydrogens (tertiary/aromatic N) is 3. The zero-order chi connectivity index (χ0) is 16.1. The standard InChI is InChI=1S/C14H12N4OS4/c1-20-13-17-14(23-18-13)22-10(9-5-3-2-4-6-9)11(19)16-12-15-7-8-21-12/h2-8,10H,1H3,(H,15,16,19). The molecule has 0 saturated carbocycles. The third-order valence-electron chi connectivity index (χ3n) is 2.79. The summed E-state index contributed by atoms with van der Waals surface area (Å²) in [7, 11) is 0. The summed E-state index contributed by atoms with van der Waals surface area (Å²) in [5, 5.41) is 5.61. The van der Waals surface area contributed by atoms with Gasteiger partial charge in [-0.25, -0.2) is 9.97 Å². The summed E-state index contributed by atoms with van der Waals surface area (Å²) >= 11 is 5.60. The minimum absolute atomic E-state index is 0.114. The number of amides is 1. The molecule has 3 rings (SSSR count). The van der Waals surface area contributed by atoms with E-state index in [1.165, 1.54) is 46.4 Å². The fraction of sp³-hybridized carbons (Fsp3) is 0.143. The van der Waals surface area contributed by atoms with Crippen LogP contribution in [0.3, 0.4) is 0 Å². The highest BCUT2D eigenvalue weighted by Crippen LogP contribution is 2.37. The molecule has 2 aromatic heterocycles. The number of carbonyl (C=O) groups is 1. The highest BCUT2D eigenvalue weighted by atomic mass is 32.2. The molecule has 0 radical (unpaired) electrons. The monoisotopic (exact) mass is 380 g/mol. The molecule has 0 aliphatic heterocycles. The predicted molar refractivity (Wildman–Crippen MR) is 97.5 cm³/mol. The molecule has 1 N–H and O–H groups in total. The fourth-order valence-corrected chi connectivity index (χ4v) is 4.72. The molecular formula is C14H12N4OS4. The summed E-state index contributed by atoms with van der Waals surface area (Å²) in [5.74, 6) is -0.114. The van der Waals surface area contributed by atoms with Crippen molar-refractivity contribution in [1.82, 2.24) is 14.3 Å². The average Bonchev–Trinajstić information content (AvgIpc) is 3.24. The number of hydrogen-bond donors (Lipinski definition) is 1. The van der Waals surface area contributed by atoms with Gasteiger partial charge in [-0.2, -0.15) is 4.37 Å². The van der Waals surface area contributed by atoms with Crippen molar-refractivity contribution in [2.75, 3.05) is 11.6 Å². The van der Waals surface area contributed by atoms with Gasteiger partial charge < -0.3 is 5.32 Å². The molecule has 0 bridgehead atoms. The van der Waals surface area contributed by atoms with E-state index in [0.29, 0.717) is 5.13 Å². The first kappa shape index (κ1) is 16.4. The van der Waals surface area contributed by atoms with E-state index in [9.17, 15) is 4.79 Å². The van der Waals surface area contributed by atoms with Crippen molar-refractivity contribution in [2.45, 2.75) is 14.7 Å². The molecule has 23 heavy (non-hydrogen) atoms. The largest absolute Gasteiger partial charge is 0.301 e. The van der Waals surface area contributed by atoms with E-state index in [4.69, 9.17) is 0 Å². The van der Waals surface area contributed by atoms with Gasteiger partial charge in [0.05, 0.1) is 0 Å². The lowest BCUT2D eigenvalue weighted by molar-refractivity contribution is -0.115. The first-order chi connectivity index (χ1) is 11.3. The molecule has 0 aliphatic carbocycles. The van der Waals surface area contributed by atoms with E-state index in [0.717, 1.165) is 15.1 Å². The zero-order valence-corrected chi connectivity index (χ0v) is 15.3. The molecule has 1 atom stereocenters. The Balaban J connectivity index is 1.82. The summed E-state index contributed by atoms with van der Waals surface area (Å²) in [5.41, 5.74) is 0.924. The fourth-order valence-electron chi connectivity index (χ4n) is 1.79. The van der Waals surface area contributed by atoms with Crippen molar-refractivity contribution in [3.63, 3.8) is 0 Å². The Morgan fingerprint density at radius 3 is 2.78 bits per heavy atom. The van der Waals surface area contributed by atoms with E-state index < -0.39 is 5.25 Å². The van der Waals surface area contributed by atoms with Crippen LogP contribution in [-0.2, 0) is 4.79 Å². The van der Waals surface area contributed by atoms with Gasteiger partial charge in [-0.3, -0.25) is 4.79 Å². The lowest BCUT2D eigenvalue weighted by Crippen LogP contribution is -2.18. The topological polar surface area (TPSA) is 67.8 Å². The van der Waals surface area contributed by atoms with Crippen LogP contribution in [0.4, 0.5) is 5.13 Å². The van der Waals surface area contributed by atoms with Gasteiger partial charge in [0.15, 0.2) is 9.47 Å². The molecule has 5 nitrogen and oxygen atoms in total. The van der Waals surface area contributed by atoms with Gasteiger partial charge >= 0.3 is 0 Å². The van der Waals surface area contributed by atoms with Gasteiger partial charge in [-0.15, -0.1) is 11.3 Å². The molecule has 2 heterocycles. The van der Waals surface area contributed by atoms with Crippen molar-refractivity contribution >= 4 is 57.4 Å². The van der Waals surface area contributed by atoms with Crippen LogP contribution in [0.15, 0.2) is 51.4 Å². The van der Waals surface area contributed by atoms with Crippen LogP contribution in [0.1, 0.15) is 10.8 Å². The highest BCUT2D eigenvalue weighted by Gasteiger charge is 2.24. The molecule has 1 amide bonds. The van der Waals surface area contributed by atoms with Crippen LogP contribution in [0.25, 0.3) is 0 Å². The zero-order valence-electron chi connectivity index (χ0n) is 12.0. The summed E-state index contributed by atoms with van der Waals surface area (Å²) in [6, 6.07) is 9.66. The van der Waals surface area contributed by atoms with Crippen molar-refractivity contribution < 1.29 is 4.79 Å². The summed E-state index contributed by atoms with van der Waals surface area (Å²) in [6.07, 6.45) is 3.60. The molecule has 1 aromatic carbocycles. The van der Waals surface area contributed by atoms with Crippen molar-refractivity contribution in [3.05, 3.63) is 47.5 Å². The van der Waals surface area contributed by atoms with E-state index in [1.54, 1.807) is 6.20 Å². The average molecular weight is 381 g/mol. The van der Waals surface area contributed by atoms with Crippen LogP contribution in [0.5, 0.6) is 0 Å². The maximum absolute atomic E-state index is 12.7. The minimum Gasteiger partial charge on any atom is -0.301 e. The lowest BCUT2D eigenvalue weighted by atomic mass is 10.1. The smallest absolute Gasteiger partial charge is 0.244 e. The SMILES string of the molecule is CSc1nsc(SC(C(=O)Nc2nccs2)c2ccccc2)n1. The molecular weight excluding hydrogens is 368 g/mol. The Labute approximate surface area is 150 Å². The Kier molecular flexibility index (Phi) is 5.65. The second-order valence-electron chi connectivity index (χ2n) is 4.28.